The van der Waals surface area contributed by atoms with E-state index in [0.29, 0.717) is 0 Å². The molecule has 0 radical (unpaired) electrons. The lowest BCUT2D eigenvalue weighted by atomic mass is 10.2. The Kier molecular flexibility index (Phi) is 4.97. The minimum atomic E-state index is 0.731. The fourth-order valence-electron chi connectivity index (χ4n) is 1.35. The van der Waals surface area contributed by atoms with Crippen LogP contribution < -0.4 is 0 Å². The molecule has 86 valence electrons. The van der Waals surface area contributed by atoms with Crippen molar-refractivity contribution in [3.8, 4) is 6.07 Å². The maximum absolute atomic E-state index is 8.41. The fraction of sp³-hybridized carbons (Fsp3) is 0.188. The van der Waals surface area contributed by atoms with Gasteiger partial charge in [0, 0.05) is 0 Å². The Labute approximate surface area is 103 Å². The van der Waals surface area contributed by atoms with Crippen LogP contribution in [0.2, 0.25) is 0 Å². The Morgan fingerprint density at radius 2 is 1.29 bits per heavy atom. The van der Waals surface area contributed by atoms with Crippen LogP contribution in [0.4, 0.5) is 0 Å². The summed E-state index contributed by atoms with van der Waals surface area (Å²) < 4.78 is 0. The molecule has 0 heterocycles. The van der Waals surface area contributed by atoms with Crippen molar-refractivity contribution in [2.75, 3.05) is 0 Å². The average molecular weight is 223 g/mol. The van der Waals surface area contributed by atoms with Gasteiger partial charge < -0.3 is 0 Å². The second-order valence-corrected chi connectivity index (χ2v) is 4.14. The molecule has 0 aliphatic rings. The molecule has 0 atom stereocenters. The highest BCUT2D eigenvalue weighted by Gasteiger charge is 1.86. The third kappa shape index (κ3) is 4.99. The van der Waals surface area contributed by atoms with Crippen LogP contribution in [0.3, 0.4) is 0 Å². The molecule has 0 aliphatic carbocycles. The van der Waals surface area contributed by atoms with E-state index in [0.717, 1.165) is 11.1 Å². The molecule has 0 N–H and O–H groups in total. The molecule has 0 bridgehead atoms. The van der Waals surface area contributed by atoms with Gasteiger partial charge in [0.1, 0.15) is 0 Å². The first kappa shape index (κ1) is 13.0. The van der Waals surface area contributed by atoms with Crippen LogP contribution in [0.5, 0.6) is 0 Å². The molecule has 17 heavy (non-hydrogen) atoms. The van der Waals surface area contributed by atoms with Crippen LogP contribution in [0, 0.1) is 32.1 Å². The third-order valence-corrected chi connectivity index (χ3v) is 2.37. The maximum atomic E-state index is 8.41. The summed E-state index contributed by atoms with van der Waals surface area (Å²) in [5, 5.41) is 8.41. The predicted octanol–water partition coefficient (Wildman–Crippen LogP) is 4.17. The zero-order chi connectivity index (χ0) is 12.7. The summed E-state index contributed by atoms with van der Waals surface area (Å²) in [5.41, 5.74) is 4.52. The lowest BCUT2D eigenvalue weighted by Gasteiger charge is -1.90. The molecule has 2 aromatic carbocycles. The third-order valence-electron chi connectivity index (χ3n) is 2.37. The molecule has 0 amide bonds. The predicted molar refractivity (Wildman–Crippen MR) is 71.8 cm³/mol. The van der Waals surface area contributed by atoms with E-state index >= 15 is 0 Å². The molecular weight excluding hydrogens is 206 g/mol. The lowest BCUT2D eigenvalue weighted by molar-refractivity contribution is 1.40. The number of hydrogen-bond acceptors (Lipinski definition) is 1. The van der Waals surface area contributed by atoms with E-state index in [1.807, 2.05) is 25.1 Å². The number of rotatable bonds is 0. The molecule has 0 aromatic heterocycles. The molecule has 2 rings (SSSR count). The van der Waals surface area contributed by atoms with Crippen LogP contribution >= 0.6 is 0 Å². The van der Waals surface area contributed by atoms with E-state index in [-0.39, 0.29) is 0 Å². The maximum Gasteiger partial charge on any atom is 0.0991 e. The molecule has 0 saturated carbocycles. The van der Waals surface area contributed by atoms with Crippen LogP contribution in [-0.2, 0) is 0 Å². The normalized spacial score (nSPS) is 8.82. The monoisotopic (exact) mass is 223 g/mol. The smallest absolute Gasteiger partial charge is 0.0991 e. The van der Waals surface area contributed by atoms with Gasteiger partial charge in [0.25, 0.3) is 0 Å². The average Bonchev–Trinajstić information content (AvgIpc) is 2.34. The molecule has 1 heteroatoms. The van der Waals surface area contributed by atoms with E-state index in [9.17, 15) is 0 Å². The van der Waals surface area contributed by atoms with Crippen molar-refractivity contribution >= 4 is 0 Å². The van der Waals surface area contributed by atoms with E-state index < -0.39 is 0 Å². The molecule has 2 aromatic rings. The Hall–Kier alpha value is -2.07. The van der Waals surface area contributed by atoms with Gasteiger partial charge in [-0.05, 0) is 38.5 Å². The standard InChI is InChI=1S/C8H7N.C8H10/c1-7-3-2-4-8(5-7)6-9;1-7-3-5-8(2)6-4-7/h2-5H,1H3;3-6H,1-2H3. The Morgan fingerprint density at radius 3 is 1.65 bits per heavy atom. The van der Waals surface area contributed by atoms with Gasteiger partial charge in [-0.25, -0.2) is 0 Å². The van der Waals surface area contributed by atoms with Gasteiger partial charge in [0.05, 0.1) is 11.6 Å². The van der Waals surface area contributed by atoms with Crippen molar-refractivity contribution in [2.24, 2.45) is 0 Å². The summed E-state index contributed by atoms with van der Waals surface area (Å²) in [6.45, 7) is 6.17. The Balaban J connectivity index is 0.000000171. The summed E-state index contributed by atoms with van der Waals surface area (Å²) in [6, 6.07) is 18.1. The molecule has 1 nitrogen and oxygen atoms in total. The number of nitriles is 1. The fourth-order valence-corrected chi connectivity index (χ4v) is 1.35. The highest BCUT2D eigenvalue weighted by molar-refractivity contribution is 5.31. The van der Waals surface area contributed by atoms with Gasteiger partial charge in [-0.3, -0.25) is 0 Å². The zero-order valence-corrected chi connectivity index (χ0v) is 10.6. The zero-order valence-electron chi connectivity index (χ0n) is 10.6. The quantitative estimate of drug-likeness (QED) is 0.657. The van der Waals surface area contributed by atoms with E-state index in [2.05, 4.69) is 44.2 Å². The first-order valence-electron chi connectivity index (χ1n) is 5.62. The first-order valence-corrected chi connectivity index (χ1v) is 5.62. The van der Waals surface area contributed by atoms with Gasteiger partial charge in [-0.1, -0.05) is 47.5 Å². The SMILES string of the molecule is Cc1ccc(C)cc1.Cc1cccc(C#N)c1. The number of hydrogen-bond donors (Lipinski definition) is 0. The molecule has 0 fully saturated rings. The van der Waals surface area contributed by atoms with Crippen LogP contribution in [-0.4, -0.2) is 0 Å². The topological polar surface area (TPSA) is 23.8 Å². The summed E-state index contributed by atoms with van der Waals surface area (Å²) in [4.78, 5) is 0. The minimum absolute atomic E-state index is 0.731. The van der Waals surface area contributed by atoms with Crippen molar-refractivity contribution in [3.63, 3.8) is 0 Å². The lowest BCUT2D eigenvalue weighted by Crippen LogP contribution is -1.73. The number of aryl methyl sites for hydroxylation is 3. The molecule has 0 spiro atoms. The largest absolute Gasteiger partial charge is 0.192 e. The van der Waals surface area contributed by atoms with Crippen LogP contribution in [0.1, 0.15) is 22.3 Å². The van der Waals surface area contributed by atoms with Crippen molar-refractivity contribution in [3.05, 3.63) is 70.8 Å². The van der Waals surface area contributed by atoms with E-state index in [1.54, 1.807) is 6.07 Å². The van der Waals surface area contributed by atoms with Crippen molar-refractivity contribution < 1.29 is 0 Å². The summed E-state index contributed by atoms with van der Waals surface area (Å²) in [7, 11) is 0. The van der Waals surface area contributed by atoms with Gasteiger partial charge in [0.15, 0.2) is 0 Å². The first-order chi connectivity index (χ1) is 8.11. The van der Waals surface area contributed by atoms with Crippen LogP contribution in [0.25, 0.3) is 0 Å². The molecular formula is C16H17N. The van der Waals surface area contributed by atoms with Gasteiger partial charge >= 0.3 is 0 Å². The second kappa shape index (κ2) is 6.50. The summed E-state index contributed by atoms with van der Waals surface area (Å²) >= 11 is 0. The highest BCUT2D eigenvalue weighted by atomic mass is 14.2. The second-order valence-electron chi connectivity index (χ2n) is 4.14. The molecule has 0 saturated heterocycles. The van der Waals surface area contributed by atoms with E-state index in [4.69, 9.17) is 5.26 Å². The number of nitrogens with zero attached hydrogens (tertiary/aromatic N) is 1. The Bertz CT molecular complexity index is 483. The molecule has 0 aliphatic heterocycles. The molecule has 0 unspecified atom stereocenters. The van der Waals surface area contributed by atoms with Crippen molar-refractivity contribution in [1.29, 1.82) is 5.26 Å². The van der Waals surface area contributed by atoms with Gasteiger partial charge in [-0.2, -0.15) is 5.26 Å². The summed E-state index contributed by atoms with van der Waals surface area (Å²) in [6.07, 6.45) is 0. The summed E-state index contributed by atoms with van der Waals surface area (Å²) in [5.74, 6) is 0. The van der Waals surface area contributed by atoms with Gasteiger partial charge in [0.2, 0.25) is 0 Å². The van der Waals surface area contributed by atoms with Crippen molar-refractivity contribution in [1.82, 2.24) is 0 Å². The van der Waals surface area contributed by atoms with E-state index in [1.165, 1.54) is 11.1 Å². The minimum Gasteiger partial charge on any atom is -0.192 e. The number of benzene rings is 2. The van der Waals surface area contributed by atoms with Crippen LogP contribution in [0.15, 0.2) is 48.5 Å². The highest BCUT2D eigenvalue weighted by Crippen LogP contribution is 2.00. The van der Waals surface area contributed by atoms with Crippen molar-refractivity contribution in [2.45, 2.75) is 20.8 Å². The van der Waals surface area contributed by atoms with Gasteiger partial charge in [-0.15, -0.1) is 0 Å². The Morgan fingerprint density at radius 1 is 0.765 bits per heavy atom.